The molecule has 3 rings (SSSR count). The summed E-state index contributed by atoms with van der Waals surface area (Å²) in [5.74, 6) is 0.865. The van der Waals surface area contributed by atoms with E-state index in [1.165, 1.54) is 5.56 Å². The zero-order chi connectivity index (χ0) is 19.1. The van der Waals surface area contributed by atoms with Gasteiger partial charge >= 0.3 is 0 Å². The fourth-order valence-electron chi connectivity index (χ4n) is 3.08. The molecule has 3 aromatic rings. The van der Waals surface area contributed by atoms with Crippen molar-refractivity contribution in [3.8, 4) is 0 Å². The van der Waals surface area contributed by atoms with Crippen molar-refractivity contribution in [2.24, 2.45) is 0 Å². The molecule has 0 aliphatic heterocycles. The standard InChI is InChI=1S/C22H26N2O3/c1-2-3-7-21-19(18-6-4-5-8-20(18)27-21)15-24-17-11-9-16(10-12-17)22(26)23-13-14-25/h4-6,8-12,24-25H,2-3,7,13-15H2,1H3,(H,23,26). The van der Waals surface area contributed by atoms with Crippen molar-refractivity contribution >= 4 is 22.6 Å². The van der Waals surface area contributed by atoms with E-state index in [0.717, 1.165) is 41.7 Å². The van der Waals surface area contributed by atoms with Crippen LogP contribution in [0.5, 0.6) is 0 Å². The van der Waals surface area contributed by atoms with Crippen LogP contribution in [0.25, 0.3) is 11.0 Å². The quantitative estimate of drug-likeness (QED) is 0.533. The molecule has 142 valence electrons. The number of hydrogen-bond donors (Lipinski definition) is 3. The zero-order valence-corrected chi connectivity index (χ0v) is 15.6. The number of para-hydroxylation sites is 1. The molecule has 0 aliphatic rings. The second-order valence-corrected chi connectivity index (χ2v) is 6.51. The Hall–Kier alpha value is -2.79. The van der Waals surface area contributed by atoms with Gasteiger partial charge in [-0.25, -0.2) is 0 Å². The Labute approximate surface area is 159 Å². The largest absolute Gasteiger partial charge is 0.461 e. The molecule has 0 saturated carbocycles. The molecule has 27 heavy (non-hydrogen) atoms. The van der Waals surface area contributed by atoms with Crippen LogP contribution < -0.4 is 10.6 Å². The van der Waals surface area contributed by atoms with E-state index in [2.05, 4.69) is 23.6 Å². The van der Waals surface area contributed by atoms with Crippen LogP contribution in [-0.2, 0) is 13.0 Å². The van der Waals surface area contributed by atoms with Gasteiger partial charge in [-0.3, -0.25) is 4.79 Å². The molecular weight excluding hydrogens is 340 g/mol. The molecule has 0 fully saturated rings. The molecule has 0 bridgehead atoms. The van der Waals surface area contributed by atoms with Gasteiger partial charge in [0.15, 0.2) is 0 Å². The molecule has 3 N–H and O–H groups in total. The third-order valence-corrected chi connectivity index (χ3v) is 4.55. The predicted molar refractivity (Wildman–Crippen MR) is 108 cm³/mol. The van der Waals surface area contributed by atoms with Crippen LogP contribution >= 0.6 is 0 Å². The van der Waals surface area contributed by atoms with E-state index in [1.54, 1.807) is 12.1 Å². The summed E-state index contributed by atoms with van der Waals surface area (Å²) in [6.07, 6.45) is 3.17. The normalized spacial score (nSPS) is 10.9. The summed E-state index contributed by atoms with van der Waals surface area (Å²) in [5, 5.41) is 16.0. The molecule has 5 heteroatoms. The molecule has 0 spiro atoms. The minimum Gasteiger partial charge on any atom is -0.461 e. The van der Waals surface area contributed by atoms with Crippen molar-refractivity contribution in [2.75, 3.05) is 18.5 Å². The number of fused-ring (bicyclic) bond motifs is 1. The molecule has 0 unspecified atom stereocenters. The molecule has 1 aromatic heterocycles. The van der Waals surface area contributed by atoms with E-state index < -0.39 is 0 Å². The summed E-state index contributed by atoms with van der Waals surface area (Å²) in [5.41, 5.74) is 3.65. The summed E-state index contributed by atoms with van der Waals surface area (Å²) >= 11 is 0. The van der Waals surface area contributed by atoms with Crippen molar-refractivity contribution in [3.63, 3.8) is 0 Å². The molecule has 0 atom stereocenters. The Bertz CT molecular complexity index is 884. The number of nitrogens with one attached hydrogen (secondary N) is 2. The lowest BCUT2D eigenvalue weighted by molar-refractivity contribution is 0.0945. The molecule has 1 amide bonds. The van der Waals surface area contributed by atoms with E-state index >= 15 is 0 Å². The van der Waals surface area contributed by atoms with E-state index in [-0.39, 0.29) is 19.1 Å². The first-order valence-electron chi connectivity index (χ1n) is 9.45. The second kappa shape index (κ2) is 9.24. The third-order valence-electron chi connectivity index (χ3n) is 4.55. The van der Waals surface area contributed by atoms with Gasteiger partial charge in [0.05, 0.1) is 6.61 Å². The number of carbonyl (C=O) groups excluding carboxylic acids is 1. The van der Waals surface area contributed by atoms with E-state index in [1.807, 2.05) is 30.3 Å². The Morgan fingerprint density at radius 2 is 1.89 bits per heavy atom. The van der Waals surface area contributed by atoms with Crippen LogP contribution in [0.4, 0.5) is 5.69 Å². The summed E-state index contributed by atoms with van der Waals surface area (Å²) in [6, 6.07) is 15.5. The van der Waals surface area contributed by atoms with Crippen molar-refractivity contribution in [2.45, 2.75) is 32.7 Å². The molecule has 0 saturated heterocycles. The summed E-state index contributed by atoms with van der Waals surface area (Å²) < 4.78 is 6.06. The number of benzene rings is 2. The molecule has 1 heterocycles. The van der Waals surface area contributed by atoms with Gasteiger partial charge in [-0.05, 0) is 36.8 Å². The number of hydrogen-bond acceptors (Lipinski definition) is 4. The highest BCUT2D eigenvalue weighted by molar-refractivity contribution is 5.94. The fraction of sp³-hybridized carbons (Fsp3) is 0.318. The monoisotopic (exact) mass is 366 g/mol. The Balaban J connectivity index is 1.71. The Kier molecular flexibility index (Phi) is 6.49. The molecule has 0 aliphatic carbocycles. The number of unbranched alkanes of at least 4 members (excludes halogenated alkanes) is 1. The smallest absolute Gasteiger partial charge is 0.251 e. The average molecular weight is 366 g/mol. The molecule has 5 nitrogen and oxygen atoms in total. The third kappa shape index (κ3) is 4.68. The number of aryl methyl sites for hydroxylation is 1. The lowest BCUT2D eigenvalue weighted by Crippen LogP contribution is -2.26. The highest BCUT2D eigenvalue weighted by Crippen LogP contribution is 2.28. The van der Waals surface area contributed by atoms with E-state index in [4.69, 9.17) is 9.52 Å². The number of aliphatic hydroxyl groups is 1. The van der Waals surface area contributed by atoms with Crippen LogP contribution in [0.2, 0.25) is 0 Å². The van der Waals surface area contributed by atoms with Crippen LogP contribution in [-0.4, -0.2) is 24.2 Å². The number of aliphatic hydroxyl groups excluding tert-OH is 1. The Morgan fingerprint density at radius 3 is 2.63 bits per heavy atom. The van der Waals surface area contributed by atoms with Crippen molar-refractivity contribution in [1.82, 2.24) is 5.32 Å². The highest BCUT2D eigenvalue weighted by atomic mass is 16.3. The van der Waals surface area contributed by atoms with Gasteiger partial charge in [0.1, 0.15) is 11.3 Å². The Morgan fingerprint density at radius 1 is 1.11 bits per heavy atom. The molecule has 0 radical (unpaired) electrons. The van der Waals surface area contributed by atoms with Crippen molar-refractivity contribution in [3.05, 3.63) is 65.4 Å². The maximum absolute atomic E-state index is 11.9. The number of furan rings is 1. The SMILES string of the molecule is CCCCc1oc2ccccc2c1CNc1ccc(C(=O)NCCO)cc1. The maximum atomic E-state index is 11.9. The average Bonchev–Trinajstić information content (AvgIpc) is 3.06. The zero-order valence-electron chi connectivity index (χ0n) is 15.6. The van der Waals surface area contributed by atoms with Crippen LogP contribution in [0.15, 0.2) is 52.9 Å². The van der Waals surface area contributed by atoms with E-state index in [9.17, 15) is 4.79 Å². The lowest BCUT2D eigenvalue weighted by Gasteiger charge is -2.09. The van der Waals surface area contributed by atoms with Gasteiger partial charge in [-0.2, -0.15) is 0 Å². The van der Waals surface area contributed by atoms with Gasteiger partial charge < -0.3 is 20.2 Å². The fourth-order valence-corrected chi connectivity index (χ4v) is 3.08. The maximum Gasteiger partial charge on any atom is 0.251 e. The first-order valence-corrected chi connectivity index (χ1v) is 9.45. The molecular formula is C22H26N2O3. The van der Waals surface area contributed by atoms with Gasteiger partial charge in [-0.1, -0.05) is 31.5 Å². The molecule has 2 aromatic carbocycles. The topological polar surface area (TPSA) is 74.5 Å². The first-order chi connectivity index (χ1) is 13.2. The number of carbonyl (C=O) groups is 1. The van der Waals surface area contributed by atoms with Crippen LogP contribution in [0.1, 0.15) is 41.4 Å². The summed E-state index contributed by atoms with van der Waals surface area (Å²) in [4.78, 5) is 11.9. The van der Waals surface area contributed by atoms with Gasteiger partial charge in [0.25, 0.3) is 5.91 Å². The summed E-state index contributed by atoms with van der Waals surface area (Å²) in [6.45, 7) is 3.04. The van der Waals surface area contributed by atoms with Gasteiger partial charge in [-0.15, -0.1) is 0 Å². The van der Waals surface area contributed by atoms with Crippen molar-refractivity contribution in [1.29, 1.82) is 0 Å². The summed E-state index contributed by atoms with van der Waals surface area (Å²) in [7, 11) is 0. The minimum atomic E-state index is -0.182. The highest BCUT2D eigenvalue weighted by Gasteiger charge is 2.13. The second-order valence-electron chi connectivity index (χ2n) is 6.51. The number of rotatable bonds is 9. The van der Waals surface area contributed by atoms with E-state index in [0.29, 0.717) is 12.1 Å². The van der Waals surface area contributed by atoms with Crippen LogP contribution in [0, 0.1) is 0 Å². The number of amides is 1. The van der Waals surface area contributed by atoms with Crippen molar-refractivity contribution < 1.29 is 14.3 Å². The minimum absolute atomic E-state index is 0.0651. The number of anilines is 1. The predicted octanol–water partition coefficient (Wildman–Crippen LogP) is 4.11. The van der Waals surface area contributed by atoms with Gasteiger partial charge in [0, 0.05) is 41.7 Å². The van der Waals surface area contributed by atoms with Gasteiger partial charge in [0.2, 0.25) is 0 Å². The lowest BCUT2D eigenvalue weighted by atomic mass is 10.1. The first kappa shape index (κ1) is 19.0. The van der Waals surface area contributed by atoms with Crippen LogP contribution in [0.3, 0.4) is 0 Å².